The van der Waals surface area contributed by atoms with Gasteiger partial charge in [0.2, 0.25) is 10.0 Å². The number of aryl methyl sites for hydroxylation is 2. The monoisotopic (exact) mass is 344 g/mol. The fourth-order valence-electron chi connectivity index (χ4n) is 3.33. The number of rotatable bonds is 3. The van der Waals surface area contributed by atoms with Gasteiger partial charge in [-0.05, 0) is 26.7 Å². The zero-order valence-corrected chi connectivity index (χ0v) is 14.7. The SMILES string of the molecule is Cc1nc(C)n(C[C@H]2CC[C@@]3(COCCN(S(C)(=O)=O)C3)O2)n1. The molecule has 23 heavy (non-hydrogen) atoms. The quantitative estimate of drug-likeness (QED) is 0.773. The van der Waals surface area contributed by atoms with Crippen molar-refractivity contribution in [2.45, 2.75) is 44.9 Å². The average molecular weight is 344 g/mol. The Labute approximate surface area is 136 Å². The van der Waals surface area contributed by atoms with Crippen molar-refractivity contribution in [2.24, 2.45) is 0 Å². The van der Waals surface area contributed by atoms with Gasteiger partial charge in [0.25, 0.3) is 0 Å². The Morgan fingerprint density at radius 1 is 1.39 bits per heavy atom. The maximum Gasteiger partial charge on any atom is 0.211 e. The van der Waals surface area contributed by atoms with E-state index in [4.69, 9.17) is 9.47 Å². The van der Waals surface area contributed by atoms with E-state index in [9.17, 15) is 8.42 Å². The van der Waals surface area contributed by atoms with Gasteiger partial charge in [-0.3, -0.25) is 0 Å². The Hall–Kier alpha value is -1.03. The van der Waals surface area contributed by atoms with Crippen LogP contribution in [0.4, 0.5) is 0 Å². The smallest absolute Gasteiger partial charge is 0.211 e. The fourth-order valence-corrected chi connectivity index (χ4v) is 4.20. The van der Waals surface area contributed by atoms with Gasteiger partial charge >= 0.3 is 0 Å². The second kappa shape index (κ2) is 6.12. The zero-order valence-electron chi connectivity index (χ0n) is 13.9. The second-order valence-corrected chi connectivity index (χ2v) is 8.48. The first kappa shape index (κ1) is 16.8. The molecule has 2 aliphatic rings. The minimum atomic E-state index is -3.25. The minimum absolute atomic E-state index is 0.00193. The summed E-state index contributed by atoms with van der Waals surface area (Å²) in [5.41, 5.74) is -0.548. The highest BCUT2D eigenvalue weighted by molar-refractivity contribution is 7.88. The first-order valence-electron chi connectivity index (χ1n) is 7.86. The highest BCUT2D eigenvalue weighted by Gasteiger charge is 2.44. The first-order chi connectivity index (χ1) is 10.8. The van der Waals surface area contributed by atoms with Crippen molar-refractivity contribution in [1.29, 1.82) is 0 Å². The van der Waals surface area contributed by atoms with Gasteiger partial charge in [-0.15, -0.1) is 0 Å². The summed E-state index contributed by atoms with van der Waals surface area (Å²) in [6.07, 6.45) is 2.88. The number of ether oxygens (including phenoxy) is 2. The molecule has 9 heteroatoms. The van der Waals surface area contributed by atoms with E-state index >= 15 is 0 Å². The van der Waals surface area contributed by atoms with E-state index in [2.05, 4.69) is 10.1 Å². The molecule has 3 rings (SSSR count). The first-order valence-corrected chi connectivity index (χ1v) is 9.71. The number of hydrogen-bond acceptors (Lipinski definition) is 6. The number of aromatic nitrogens is 3. The normalized spacial score (nSPS) is 30.0. The number of sulfonamides is 1. The summed E-state index contributed by atoms with van der Waals surface area (Å²) in [6, 6.07) is 0. The van der Waals surface area contributed by atoms with Crippen LogP contribution in [-0.4, -0.2) is 71.8 Å². The van der Waals surface area contributed by atoms with Crippen molar-refractivity contribution in [3.05, 3.63) is 11.6 Å². The molecule has 1 aromatic heterocycles. The largest absolute Gasteiger partial charge is 0.377 e. The summed E-state index contributed by atoms with van der Waals surface area (Å²) >= 11 is 0. The van der Waals surface area contributed by atoms with Crippen molar-refractivity contribution < 1.29 is 17.9 Å². The van der Waals surface area contributed by atoms with Gasteiger partial charge in [-0.1, -0.05) is 0 Å². The lowest BCUT2D eigenvalue weighted by molar-refractivity contribution is -0.0861. The van der Waals surface area contributed by atoms with E-state index in [1.165, 1.54) is 10.6 Å². The predicted octanol–water partition coefficient (Wildman–Crippen LogP) is 0.105. The summed E-state index contributed by atoms with van der Waals surface area (Å²) in [6.45, 7) is 6.00. The molecule has 0 aromatic carbocycles. The Morgan fingerprint density at radius 2 is 2.17 bits per heavy atom. The molecule has 130 valence electrons. The molecular formula is C14H24N4O4S. The van der Waals surface area contributed by atoms with E-state index in [0.717, 1.165) is 24.5 Å². The molecule has 0 saturated carbocycles. The van der Waals surface area contributed by atoms with E-state index in [-0.39, 0.29) is 6.10 Å². The minimum Gasteiger partial charge on any atom is -0.377 e. The molecule has 0 N–H and O–H groups in total. The van der Waals surface area contributed by atoms with Crippen LogP contribution >= 0.6 is 0 Å². The van der Waals surface area contributed by atoms with E-state index in [1.54, 1.807) is 0 Å². The van der Waals surface area contributed by atoms with E-state index in [0.29, 0.717) is 32.8 Å². The molecule has 2 atom stereocenters. The van der Waals surface area contributed by atoms with Crippen LogP contribution < -0.4 is 0 Å². The predicted molar refractivity (Wildman–Crippen MR) is 83.6 cm³/mol. The van der Waals surface area contributed by atoms with Crippen LogP contribution in [0.3, 0.4) is 0 Å². The van der Waals surface area contributed by atoms with Crippen molar-refractivity contribution >= 4 is 10.0 Å². The molecule has 2 saturated heterocycles. The molecule has 0 radical (unpaired) electrons. The summed E-state index contributed by atoms with van der Waals surface area (Å²) in [4.78, 5) is 4.30. The van der Waals surface area contributed by atoms with Crippen LogP contribution in [-0.2, 0) is 26.0 Å². The van der Waals surface area contributed by atoms with Crippen LogP contribution in [0.25, 0.3) is 0 Å². The number of nitrogens with zero attached hydrogens (tertiary/aromatic N) is 4. The Kier molecular flexibility index (Phi) is 4.47. The summed E-state index contributed by atoms with van der Waals surface area (Å²) in [7, 11) is -3.25. The molecular weight excluding hydrogens is 320 g/mol. The van der Waals surface area contributed by atoms with E-state index < -0.39 is 15.6 Å². The summed E-state index contributed by atoms with van der Waals surface area (Å²) in [5, 5.41) is 4.37. The average Bonchev–Trinajstić information content (AvgIpc) is 2.88. The Morgan fingerprint density at radius 3 is 2.83 bits per heavy atom. The highest BCUT2D eigenvalue weighted by Crippen LogP contribution is 2.34. The lowest BCUT2D eigenvalue weighted by atomic mass is 10.0. The third-order valence-electron chi connectivity index (χ3n) is 4.46. The molecule has 2 fully saturated rings. The third kappa shape index (κ3) is 3.73. The second-order valence-electron chi connectivity index (χ2n) is 6.50. The van der Waals surface area contributed by atoms with Gasteiger partial charge in [0, 0.05) is 13.1 Å². The lowest BCUT2D eigenvalue weighted by Crippen LogP contribution is -2.46. The maximum atomic E-state index is 11.9. The van der Waals surface area contributed by atoms with Gasteiger partial charge in [-0.2, -0.15) is 9.40 Å². The number of hydrogen-bond donors (Lipinski definition) is 0. The topological polar surface area (TPSA) is 86.6 Å². The van der Waals surface area contributed by atoms with Gasteiger partial charge < -0.3 is 9.47 Å². The molecule has 0 bridgehead atoms. The zero-order chi connectivity index (χ0) is 16.7. The van der Waals surface area contributed by atoms with Crippen molar-refractivity contribution in [1.82, 2.24) is 19.1 Å². The molecule has 0 unspecified atom stereocenters. The fraction of sp³-hybridized carbons (Fsp3) is 0.857. The standard InChI is InChI=1S/C14H24N4O4S/c1-11-15-12(2)18(16-11)8-13-4-5-14(22-13)9-17(23(3,19)20)6-7-21-10-14/h13H,4-10H2,1-3H3/t13-,14-/m1/s1. The van der Waals surface area contributed by atoms with Gasteiger partial charge in [0.15, 0.2) is 0 Å². The third-order valence-corrected chi connectivity index (χ3v) is 5.71. The Balaban J connectivity index is 1.70. The van der Waals surface area contributed by atoms with Crippen molar-refractivity contribution in [2.75, 3.05) is 32.6 Å². The van der Waals surface area contributed by atoms with Crippen LogP contribution in [0.2, 0.25) is 0 Å². The van der Waals surface area contributed by atoms with Crippen LogP contribution in [0.15, 0.2) is 0 Å². The molecule has 0 amide bonds. The van der Waals surface area contributed by atoms with Gasteiger partial charge in [0.05, 0.1) is 32.1 Å². The Bertz CT molecular complexity index is 674. The maximum absolute atomic E-state index is 11.9. The highest BCUT2D eigenvalue weighted by atomic mass is 32.2. The van der Waals surface area contributed by atoms with Crippen LogP contribution in [0.1, 0.15) is 24.5 Å². The van der Waals surface area contributed by atoms with Crippen LogP contribution in [0, 0.1) is 13.8 Å². The molecule has 0 aliphatic carbocycles. The summed E-state index contributed by atoms with van der Waals surface area (Å²) in [5.74, 6) is 1.61. The summed E-state index contributed by atoms with van der Waals surface area (Å²) < 4.78 is 39.0. The van der Waals surface area contributed by atoms with Crippen LogP contribution in [0.5, 0.6) is 0 Å². The van der Waals surface area contributed by atoms with Gasteiger partial charge in [0.1, 0.15) is 17.2 Å². The molecule has 1 spiro atoms. The molecule has 8 nitrogen and oxygen atoms in total. The van der Waals surface area contributed by atoms with Gasteiger partial charge in [-0.25, -0.2) is 18.1 Å². The molecule has 2 aliphatic heterocycles. The van der Waals surface area contributed by atoms with E-state index in [1.807, 2.05) is 18.5 Å². The molecule has 3 heterocycles. The van der Waals surface area contributed by atoms with Crippen molar-refractivity contribution in [3.63, 3.8) is 0 Å². The lowest BCUT2D eigenvalue weighted by Gasteiger charge is -2.30. The molecule has 1 aromatic rings. The van der Waals surface area contributed by atoms with Crippen molar-refractivity contribution in [3.8, 4) is 0 Å².